The number of para-hydroxylation sites is 1. The predicted molar refractivity (Wildman–Crippen MR) is 89.8 cm³/mol. The first-order chi connectivity index (χ1) is 11.1. The van der Waals surface area contributed by atoms with Crippen LogP contribution in [0.25, 0.3) is 10.9 Å². The van der Waals surface area contributed by atoms with E-state index in [9.17, 15) is 9.59 Å². The number of hydrogen-bond donors (Lipinski definition) is 3. The second kappa shape index (κ2) is 7.78. The molecular weight excluding hydrogens is 294 g/mol. The molecule has 0 aliphatic carbocycles. The first-order valence-corrected chi connectivity index (χ1v) is 7.93. The van der Waals surface area contributed by atoms with Crippen molar-refractivity contribution in [3.05, 3.63) is 30.0 Å². The molecule has 0 aliphatic rings. The monoisotopic (exact) mass is 318 g/mol. The van der Waals surface area contributed by atoms with E-state index < -0.39 is 5.97 Å². The lowest BCUT2D eigenvalue weighted by atomic mass is 10.2. The smallest absolute Gasteiger partial charge is 0.356 e. The molecule has 0 bridgehead atoms. The van der Waals surface area contributed by atoms with Gasteiger partial charge in [0.05, 0.1) is 38.9 Å². The van der Waals surface area contributed by atoms with Crippen molar-refractivity contribution in [2.24, 2.45) is 0 Å². The van der Waals surface area contributed by atoms with E-state index in [0.717, 1.165) is 30.5 Å². The van der Waals surface area contributed by atoms with E-state index in [0.29, 0.717) is 12.1 Å². The minimum atomic E-state index is -0.495. The van der Waals surface area contributed by atoms with E-state index in [1.165, 1.54) is 12.0 Å². The Kier molecular flexibility index (Phi) is 5.76. The van der Waals surface area contributed by atoms with Gasteiger partial charge in [-0.15, -0.1) is 0 Å². The molecule has 2 aromatic rings. The summed E-state index contributed by atoms with van der Waals surface area (Å²) in [5, 5.41) is 3.67. The molecule has 1 heterocycles. The van der Waals surface area contributed by atoms with Gasteiger partial charge in [-0.3, -0.25) is 4.79 Å². The molecular formula is C17H24N3O3+. The van der Waals surface area contributed by atoms with Crippen LogP contribution in [0.3, 0.4) is 0 Å². The highest BCUT2D eigenvalue weighted by Crippen LogP contribution is 2.28. The fourth-order valence-corrected chi connectivity index (χ4v) is 2.62. The van der Waals surface area contributed by atoms with Crippen molar-refractivity contribution in [3.8, 4) is 0 Å². The lowest BCUT2D eigenvalue weighted by molar-refractivity contribution is -0.895. The number of rotatable bonds is 7. The topological polar surface area (TPSA) is 75.6 Å². The van der Waals surface area contributed by atoms with Crippen LogP contribution in [-0.4, -0.2) is 43.6 Å². The van der Waals surface area contributed by atoms with Crippen LogP contribution in [0.1, 0.15) is 30.8 Å². The molecule has 1 aromatic heterocycles. The van der Waals surface area contributed by atoms with Gasteiger partial charge in [0.25, 0.3) is 0 Å². The van der Waals surface area contributed by atoms with Crippen molar-refractivity contribution in [2.75, 3.05) is 32.1 Å². The number of anilines is 1. The van der Waals surface area contributed by atoms with Crippen molar-refractivity contribution in [1.29, 1.82) is 0 Å². The van der Waals surface area contributed by atoms with Crippen molar-refractivity contribution in [1.82, 2.24) is 4.98 Å². The summed E-state index contributed by atoms with van der Waals surface area (Å²) >= 11 is 0. The number of benzene rings is 1. The summed E-state index contributed by atoms with van der Waals surface area (Å²) < 4.78 is 4.80. The van der Waals surface area contributed by atoms with Crippen molar-refractivity contribution >= 4 is 28.5 Å². The third-order valence-corrected chi connectivity index (χ3v) is 4.07. The third kappa shape index (κ3) is 3.90. The Morgan fingerprint density at radius 2 is 1.91 bits per heavy atom. The molecule has 6 nitrogen and oxygen atoms in total. The second-order valence-corrected chi connectivity index (χ2v) is 5.42. The minimum Gasteiger partial charge on any atom is -0.464 e. The van der Waals surface area contributed by atoms with Crippen LogP contribution in [0.15, 0.2) is 24.3 Å². The van der Waals surface area contributed by atoms with Crippen LogP contribution in [0.5, 0.6) is 0 Å². The maximum absolute atomic E-state index is 12.3. The Morgan fingerprint density at radius 1 is 1.22 bits per heavy atom. The molecule has 0 saturated carbocycles. The number of fused-ring (bicyclic) bond motifs is 1. The molecule has 0 atom stereocenters. The zero-order valence-corrected chi connectivity index (χ0v) is 13.9. The number of ether oxygens (including phenoxy) is 1. The number of methoxy groups -OCH3 is 1. The Morgan fingerprint density at radius 3 is 2.57 bits per heavy atom. The average molecular weight is 318 g/mol. The first-order valence-electron chi connectivity index (χ1n) is 7.93. The number of hydrogen-bond acceptors (Lipinski definition) is 3. The number of carbonyl (C=O) groups excluding carboxylic acids is 2. The standard InChI is InChI=1S/C17H23N3O3/c1-4-20(5-2)11-10-14(21)19-15-12-8-6-7-9-13(12)18-16(15)17(22)23-3/h6-9,18H,4-5,10-11H2,1-3H3,(H,19,21)/p+1. The molecule has 0 fully saturated rings. The number of quaternary nitrogens is 1. The summed E-state index contributed by atoms with van der Waals surface area (Å²) in [5.74, 6) is -0.592. The average Bonchev–Trinajstić information content (AvgIpc) is 2.94. The Balaban J connectivity index is 2.21. The maximum Gasteiger partial charge on any atom is 0.356 e. The number of carbonyl (C=O) groups is 2. The van der Waals surface area contributed by atoms with Crippen molar-refractivity contribution in [3.63, 3.8) is 0 Å². The molecule has 3 N–H and O–H groups in total. The molecule has 0 unspecified atom stereocenters. The van der Waals surface area contributed by atoms with Gasteiger partial charge in [-0.1, -0.05) is 18.2 Å². The van der Waals surface area contributed by atoms with Crippen LogP contribution in [0.4, 0.5) is 5.69 Å². The largest absolute Gasteiger partial charge is 0.464 e. The van der Waals surface area contributed by atoms with Gasteiger partial charge in [-0.05, 0) is 19.9 Å². The first kappa shape index (κ1) is 17.0. The summed E-state index contributed by atoms with van der Waals surface area (Å²) in [6.07, 6.45) is 0.414. The fourth-order valence-electron chi connectivity index (χ4n) is 2.62. The van der Waals surface area contributed by atoms with Gasteiger partial charge in [0.2, 0.25) is 5.91 Å². The maximum atomic E-state index is 12.3. The molecule has 0 spiro atoms. The predicted octanol–water partition coefficient (Wildman–Crippen LogP) is 1.21. The number of nitrogens with one attached hydrogen (secondary N) is 3. The highest BCUT2D eigenvalue weighted by atomic mass is 16.5. The van der Waals surface area contributed by atoms with E-state index in [1.54, 1.807) is 0 Å². The molecule has 23 heavy (non-hydrogen) atoms. The Labute approximate surface area is 135 Å². The molecule has 1 aromatic carbocycles. The van der Waals surface area contributed by atoms with Gasteiger partial charge in [-0.25, -0.2) is 4.79 Å². The molecule has 0 saturated heterocycles. The van der Waals surface area contributed by atoms with Crippen LogP contribution in [-0.2, 0) is 9.53 Å². The number of H-pyrrole nitrogens is 1. The zero-order valence-electron chi connectivity index (χ0n) is 13.9. The number of aromatic nitrogens is 1. The Hall–Kier alpha value is -2.34. The molecule has 0 radical (unpaired) electrons. The van der Waals surface area contributed by atoms with E-state index >= 15 is 0 Å². The Bertz CT molecular complexity index is 689. The van der Waals surface area contributed by atoms with Crippen molar-refractivity contribution < 1.29 is 19.2 Å². The molecule has 1 amide bonds. The van der Waals surface area contributed by atoms with Crippen LogP contribution in [0.2, 0.25) is 0 Å². The molecule has 0 aliphatic heterocycles. The van der Waals surface area contributed by atoms with E-state index in [2.05, 4.69) is 24.1 Å². The van der Waals surface area contributed by atoms with Crippen LogP contribution in [0, 0.1) is 0 Å². The zero-order chi connectivity index (χ0) is 16.8. The summed E-state index contributed by atoms with van der Waals surface area (Å²) in [6.45, 7) is 6.96. The number of esters is 1. The van der Waals surface area contributed by atoms with E-state index in [4.69, 9.17) is 4.74 Å². The summed E-state index contributed by atoms with van der Waals surface area (Å²) in [7, 11) is 1.32. The summed E-state index contributed by atoms with van der Waals surface area (Å²) in [6, 6.07) is 7.46. The third-order valence-electron chi connectivity index (χ3n) is 4.07. The van der Waals surface area contributed by atoms with Gasteiger partial charge in [0.15, 0.2) is 0 Å². The molecule has 2 rings (SSSR count). The van der Waals surface area contributed by atoms with Crippen LogP contribution >= 0.6 is 0 Å². The van der Waals surface area contributed by atoms with Gasteiger partial charge < -0.3 is 19.9 Å². The SMILES string of the molecule is CC[NH+](CC)CCC(=O)Nc1c(C(=O)OC)[nH]c2ccccc12. The minimum absolute atomic E-state index is 0.0979. The van der Waals surface area contributed by atoms with Crippen LogP contribution < -0.4 is 10.2 Å². The quantitative estimate of drug-likeness (QED) is 0.672. The van der Waals surface area contributed by atoms with Gasteiger partial charge >= 0.3 is 5.97 Å². The number of aromatic amines is 1. The summed E-state index contributed by atoms with van der Waals surface area (Å²) in [5.41, 5.74) is 1.56. The van der Waals surface area contributed by atoms with Gasteiger partial charge in [0, 0.05) is 10.9 Å². The fraction of sp³-hybridized carbons (Fsp3) is 0.412. The summed E-state index contributed by atoms with van der Waals surface area (Å²) in [4.78, 5) is 28.6. The van der Waals surface area contributed by atoms with E-state index in [-0.39, 0.29) is 11.6 Å². The van der Waals surface area contributed by atoms with E-state index in [1.807, 2.05) is 24.3 Å². The number of amides is 1. The second-order valence-electron chi connectivity index (χ2n) is 5.42. The molecule has 124 valence electrons. The molecule has 6 heteroatoms. The highest BCUT2D eigenvalue weighted by Gasteiger charge is 2.20. The van der Waals surface area contributed by atoms with Gasteiger partial charge in [-0.2, -0.15) is 0 Å². The lowest BCUT2D eigenvalue weighted by Crippen LogP contribution is -3.11. The lowest BCUT2D eigenvalue weighted by Gasteiger charge is -2.15. The normalized spacial score (nSPS) is 11.0. The van der Waals surface area contributed by atoms with Crippen molar-refractivity contribution in [2.45, 2.75) is 20.3 Å². The van der Waals surface area contributed by atoms with Gasteiger partial charge in [0.1, 0.15) is 5.69 Å². The highest BCUT2D eigenvalue weighted by molar-refractivity contribution is 6.10.